The summed E-state index contributed by atoms with van der Waals surface area (Å²) >= 11 is 0. The van der Waals surface area contributed by atoms with Gasteiger partial charge in [-0.05, 0) is 19.8 Å². The molecule has 1 heterocycles. The molecule has 2 N–H and O–H groups in total. The number of aryl methyl sites for hydroxylation is 1. The summed E-state index contributed by atoms with van der Waals surface area (Å²) in [4.78, 5) is 17.9. The number of rotatable bonds is 3. The van der Waals surface area contributed by atoms with Crippen molar-refractivity contribution in [2.45, 2.75) is 32.4 Å². The first kappa shape index (κ1) is 8.44. The van der Waals surface area contributed by atoms with Crippen molar-refractivity contribution in [3.63, 3.8) is 0 Å². The topological polar surface area (TPSA) is 57.8 Å². The highest BCUT2D eigenvalue weighted by Gasteiger charge is 2.20. The number of aromatic amines is 1. The number of nitrogens with zero attached hydrogens (tertiary/aromatic N) is 1. The minimum absolute atomic E-state index is 0.0694. The molecule has 0 saturated heterocycles. The Balaban J connectivity index is 2.05. The second-order valence-electron chi connectivity index (χ2n) is 3.48. The second-order valence-corrected chi connectivity index (χ2v) is 3.48. The van der Waals surface area contributed by atoms with Gasteiger partial charge in [-0.2, -0.15) is 0 Å². The third-order valence-corrected chi connectivity index (χ3v) is 2.06. The van der Waals surface area contributed by atoms with Crippen molar-refractivity contribution >= 4 is 0 Å². The molecule has 0 bridgehead atoms. The highest BCUT2D eigenvalue weighted by atomic mass is 16.1. The monoisotopic (exact) mass is 179 g/mol. The Labute approximate surface area is 76.4 Å². The minimum atomic E-state index is -0.0694. The second kappa shape index (κ2) is 3.30. The third-order valence-electron chi connectivity index (χ3n) is 2.06. The maximum atomic E-state index is 11.0. The Morgan fingerprint density at radius 3 is 3.08 bits per heavy atom. The quantitative estimate of drug-likeness (QED) is 0.703. The molecular formula is C9H13N3O. The smallest absolute Gasteiger partial charge is 0.251 e. The molecule has 4 nitrogen and oxygen atoms in total. The van der Waals surface area contributed by atoms with Crippen LogP contribution in [0.5, 0.6) is 0 Å². The molecule has 0 aromatic carbocycles. The van der Waals surface area contributed by atoms with E-state index in [1.807, 2.05) is 0 Å². The van der Waals surface area contributed by atoms with Crippen molar-refractivity contribution in [2.75, 3.05) is 0 Å². The van der Waals surface area contributed by atoms with Gasteiger partial charge in [0, 0.05) is 18.7 Å². The zero-order valence-electron chi connectivity index (χ0n) is 7.63. The molecule has 1 aliphatic carbocycles. The van der Waals surface area contributed by atoms with Crippen LogP contribution in [0.1, 0.15) is 24.4 Å². The highest BCUT2D eigenvalue weighted by Crippen LogP contribution is 2.18. The van der Waals surface area contributed by atoms with E-state index in [2.05, 4.69) is 15.3 Å². The Morgan fingerprint density at radius 2 is 2.46 bits per heavy atom. The van der Waals surface area contributed by atoms with Crippen LogP contribution in [0.25, 0.3) is 0 Å². The van der Waals surface area contributed by atoms with Gasteiger partial charge < -0.3 is 10.3 Å². The molecule has 70 valence electrons. The van der Waals surface area contributed by atoms with E-state index < -0.39 is 0 Å². The van der Waals surface area contributed by atoms with Crippen molar-refractivity contribution < 1.29 is 0 Å². The summed E-state index contributed by atoms with van der Waals surface area (Å²) in [6, 6.07) is 2.20. The van der Waals surface area contributed by atoms with Crippen molar-refractivity contribution in [3.05, 3.63) is 27.9 Å². The van der Waals surface area contributed by atoms with Crippen LogP contribution in [0.3, 0.4) is 0 Å². The van der Waals surface area contributed by atoms with Gasteiger partial charge in [0.2, 0.25) is 0 Å². The van der Waals surface area contributed by atoms with Gasteiger partial charge in [0.25, 0.3) is 5.56 Å². The molecule has 0 atom stereocenters. The normalized spacial score (nSPS) is 16.1. The van der Waals surface area contributed by atoms with Crippen LogP contribution in [-0.2, 0) is 6.54 Å². The van der Waals surface area contributed by atoms with E-state index in [1.165, 1.54) is 12.8 Å². The van der Waals surface area contributed by atoms with E-state index in [0.717, 1.165) is 5.69 Å². The zero-order chi connectivity index (χ0) is 9.26. The first-order chi connectivity index (χ1) is 6.24. The zero-order valence-corrected chi connectivity index (χ0v) is 7.63. The van der Waals surface area contributed by atoms with E-state index in [4.69, 9.17) is 0 Å². The third kappa shape index (κ3) is 2.39. The van der Waals surface area contributed by atoms with Gasteiger partial charge in [-0.1, -0.05) is 0 Å². The molecule has 0 radical (unpaired) electrons. The number of H-pyrrole nitrogens is 1. The molecule has 1 saturated carbocycles. The van der Waals surface area contributed by atoms with Gasteiger partial charge in [-0.25, -0.2) is 4.98 Å². The molecule has 4 heteroatoms. The van der Waals surface area contributed by atoms with Gasteiger partial charge in [-0.15, -0.1) is 0 Å². The van der Waals surface area contributed by atoms with Crippen molar-refractivity contribution in [3.8, 4) is 0 Å². The average molecular weight is 179 g/mol. The summed E-state index contributed by atoms with van der Waals surface area (Å²) in [5.41, 5.74) is 0.758. The highest BCUT2D eigenvalue weighted by molar-refractivity contribution is 5.02. The average Bonchev–Trinajstić information content (AvgIpc) is 2.81. The largest absolute Gasteiger partial charge is 0.311 e. The lowest BCUT2D eigenvalue weighted by Gasteiger charge is -2.01. The first-order valence-electron chi connectivity index (χ1n) is 4.54. The fourth-order valence-electron chi connectivity index (χ4n) is 1.27. The Kier molecular flexibility index (Phi) is 2.14. The van der Waals surface area contributed by atoms with Crippen LogP contribution < -0.4 is 10.9 Å². The molecule has 1 aromatic rings. The van der Waals surface area contributed by atoms with Crippen LogP contribution in [0, 0.1) is 6.92 Å². The molecule has 0 unspecified atom stereocenters. The standard InChI is InChI=1S/C9H13N3O/c1-6-11-8(4-9(13)12-6)5-10-7-2-3-7/h4,7,10H,2-3,5H2,1H3,(H,11,12,13). The maximum absolute atomic E-state index is 11.0. The summed E-state index contributed by atoms with van der Waals surface area (Å²) < 4.78 is 0. The van der Waals surface area contributed by atoms with Crippen molar-refractivity contribution in [1.82, 2.24) is 15.3 Å². The minimum Gasteiger partial charge on any atom is -0.311 e. The molecule has 2 rings (SSSR count). The molecule has 1 fully saturated rings. The molecule has 0 spiro atoms. The molecule has 0 amide bonds. The summed E-state index contributed by atoms with van der Waals surface area (Å²) in [6.45, 7) is 2.50. The molecule has 1 aliphatic rings. The SMILES string of the molecule is Cc1nc(CNC2CC2)cc(=O)[nH]1. The van der Waals surface area contributed by atoms with Gasteiger partial charge in [0.1, 0.15) is 5.82 Å². The summed E-state index contributed by atoms with van der Waals surface area (Å²) in [7, 11) is 0. The Bertz CT molecular complexity index is 354. The predicted molar refractivity (Wildman–Crippen MR) is 49.5 cm³/mol. The van der Waals surface area contributed by atoms with E-state index in [9.17, 15) is 4.79 Å². The van der Waals surface area contributed by atoms with Gasteiger partial charge in [-0.3, -0.25) is 4.79 Å². The summed E-state index contributed by atoms with van der Waals surface area (Å²) in [5.74, 6) is 0.681. The molecular weight excluding hydrogens is 166 g/mol. The summed E-state index contributed by atoms with van der Waals surface area (Å²) in [5, 5.41) is 3.31. The van der Waals surface area contributed by atoms with Gasteiger partial charge >= 0.3 is 0 Å². The van der Waals surface area contributed by atoms with E-state index >= 15 is 0 Å². The maximum Gasteiger partial charge on any atom is 0.251 e. The Hall–Kier alpha value is -1.16. The van der Waals surface area contributed by atoms with E-state index in [1.54, 1.807) is 13.0 Å². The Morgan fingerprint density at radius 1 is 1.69 bits per heavy atom. The number of hydrogen-bond acceptors (Lipinski definition) is 3. The van der Waals surface area contributed by atoms with Crippen LogP contribution in [-0.4, -0.2) is 16.0 Å². The van der Waals surface area contributed by atoms with Gasteiger partial charge in [0.15, 0.2) is 0 Å². The summed E-state index contributed by atoms with van der Waals surface area (Å²) in [6.07, 6.45) is 2.50. The fraction of sp³-hybridized carbons (Fsp3) is 0.556. The van der Waals surface area contributed by atoms with Crippen LogP contribution in [0.15, 0.2) is 10.9 Å². The van der Waals surface area contributed by atoms with Crippen LogP contribution >= 0.6 is 0 Å². The van der Waals surface area contributed by atoms with Crippen LogP contribution in [0.4, 0.5) is 0 Å². The fourth-order valence-corrected chi connectivity index (χ4v) is 1.27. The van der Waals surface area contributed by atoms with Crippen molar-refractivity contribution in [2.24, 2.45) is 0 Å². The number of nitrogens with one attached hydrogen (secondary N) is 2. The first-order valence-corrected chi connectivity index (χ1v) is 4.54. The van der Waals surface area contributed by atoms with Crippen molar-refractivity contribution in [1.29, 1.82) is 0 Å². The molecule has 1 aromatic heterocycles. The molecule has 0 aliphatic heterocycles. The van der Waals surface area contributed by atoms with E-state index in [-0.39, 0.29) is 5.56 Å². The predicted octanol–water partition coefficient (Wildman–Crippen LogP) is 0.330. The molecule has 13 heavy (non-hydrogen) atoms. The van der Waals surface area contributed by atoms with E-state index in [0.29, 0.717) is 18.4 Å². The lowest BCUT2D eigenvalue weighted by Crippen LogP contribution is -2.19. The number of aromatic nitrogens is 2. The van der Waals surface area contributed by atoms with Crippen LogP contribution in [0.2, 0.25) is 0 Å². The number of hydrogen-bond donors (Lipinski definition) is 2. The lowest BCUT2D eigenvalue weighted by atomic mass is 10.4. The van der Waals surface area contributed by atoms with Gasteiger partial charge in [0.05, 0.1) is 5.69 Å². The lowest BCUT2D eigenvalue weighted by molar-refractivity contribution is 0.669.